The summed E-state index contributed by atoms with van der Waals surface area (Å²) in [5, 5.41) is 12.5. The Morgan fingerprint density at radius 2 is 2.18 bits per heavy atom. The number of carbonyl (C=O) groups excluding carboxylic acids is 1. The van der Waals surface area contributed by atoms with Crippen molar-refractivity contribution in [3.63, 3.8) is 0 Å². The van der Waals surface area contributed by atoms with Gasteiger partial charge in [-0.15, -0.1) is 0 Å². The highest BCUT2D eigenvalue weighted by molar-refractivity contribution is 5.82. The smallest absolute Gasteiger partial charge is 0.237 e. The van der Waals surface area contributed by atoms with Gasteiger partial charge < -0.3 is 10.4 Å². The summed E-state index contributed by atoms with van der Waals surface area (Å²) in [6.45, 7) is 3.84. The molecular weight excluding hydrogens is 283 g/mol. The van der Waals surface area contributed by atoms with Gasteiger partial charge >= 0.3 is 0 Å². The number of hydrogen-bond acceptors (Lipinski definition) is 3. The Labute approximate surface area is 131 Å². The minimum Gasteiger partial charge on any atom is -0.391 e. The summed E-state index contributed by atoms with van der Waals surface area (Å²) in [6, 6.07) is 6.25. The van der Waals surface area contributed by atoms with Crippen molar-refractivity contribution in [2.75, 3.05) is 13.1 Å². The van der Waals surface area contributed by atoms with E-state index in [1.165, 1.54) is 12.1 Å². The van der Waals surface area contributed by atoms with Crippen LogP contribution in [0.25, 0.3) is 0 Å². The van der Waals surface area contributed by atoms with E-state index in [0.29, 0.717) is 19.5 Å². The summed E-state index contributed by atoms with van der Waals surface area (Å²) in [5.41, 5.74) is 1.01. The van der Waals surface area contributed by atoms with Crippen LogP contribution in [0.4, 0.5) is 4.39 Å². The molecule has 1 aliphatic heterocycles. The zero-order valence-corrected chi connectivity index (χ0v) is 13.1. The molecule has 5 heteroatoms. The normalized spacial score (nSPS) is 20.0. The summed E-state index contributed by atoms with van der Waals surface area (Å²) in [6.07, 6.45) is 2.94. The molecule has 1 heterocycles. The topological polar surface area (TPSA) is 52.6 Å². The summed E-state index contributed by atoms with van der Waals surface area (Å²) in [4.78, 5) is 14.4. The maximum atomic E-state index is 12.9. The van der Waals surface area contributed by atoms with E-state index in [9.17, 15) is 14.3 Å². The molecule has 0 aromatic heterocycles. The van der Waals surface area contributed by atoms with Crippen LogP contribution in [-0.4, -0.2) is 41.1 Å². The third-order valence-corrected chi connectivity index (χ3v) is 4.10. The number of halogens is 1. The number of aliphatic hydroxyl groups is 1. The predicted octanol–water partition coefficient (Wildman–Crippen LogP) is 2.07. The molecule has 1 aromatic carbocycles. The molecular formula is C17H25FN2O2. The number of nitrogens with one attached hydrogen (secondary N) is 1. The van der Waals surface area contributed by atoms with Crippen LogP contribution < -0.4 is 5.32 Å². The van der Waals surface area contributed by atoms with Crippen LogP contribution in [-0.2, 0) is 11.3 Å². The molecule has 1 aromatic rings. The van der Waals surface area contributed by atoms with Gasteiger partial charge in [-0.05, 0) is 43.5 Å². The second-order valence-corrected chi connectivity index (χ2v) is 5.94. The van der Waals surface area contributed by atoms with Crippen molar-refractivity contribution in [1.82, 2.24) is 10.2 Å². The molecule has 122 valence electrons. The van der Waals surface area contributed by atoms with Gasteiger partial charge in [0.15, 0.2) is 0 Å². The fourth-order valence-electron chi connectivity index (χ4n) is 2.91. The van der Waals surface area contributed by atoms with E-state index in [4.69, 9.17) is 0 Å². The van der Waals surface area contributed by atoms with Crippen molar-refractivity contribution in [2.45, 2.75) is 51.3 Å². The van der Waals surface area contributed by atoms with Gasteiger partial charge in [-0.1, -0.05) is 25.5 Å². The third-order valence-electron chi connectivity index (χ3n) is 4.10. The summed E-state index contributed by atoms with van der Waals surface area (Å²) >= 11 is 0. The first-order valence-electron chi connectivity index (χ1n) is 8.04. The van der Waals surface area contributed by atoms with Gasteiger partial charge in [-0.25, -0.2) is 4.39 Å². The Morgan fingerprint density at radius 3 is 2.86 bits per heavy atom. The fraction of sp³-hybridized carbons (Fsp3) is 0.588. The van der Waals surface area contributed by atoms with Gasteiger partial charge in [-0.3, -0.25) is 9.69 Å². The van der Waals surface area contributed by atoms with Crippen LogP contribution in [0.2, 0.25) is 0 Å². The highest BCUT2D eigenvalue weighted by Gasteiger charge is 2.30. The van der Waals surface area contributed by atoms with Crippen molar-refractivity contribution >= 4 is 5.91 Å². The molecule has 0 spiro atoms. The monoisotopic (exact) mass is 308 g/mol. The second-order valence-electron chi connectivity index (χ2n) is 5.94. The van der Waals surface area contributed by atoms with Gasteiger partial charge in [0.2, 0.25) is 5.91 Å². The third kappa shape index (κ3) is 4.78. The van der Waals surface area contributed by atoms with Crippen molar-refractivity contribution in [1.29, 1.82) is 0 Å². The van der Waals surface area contributed by atoms with Crippen LogP contribution in [0.1, 0.15) is 38.2 Å². The lowest BCUT2D eigenvalue weighted by Gasteiger charge is -2.24. The van der Waals surface area contributed by atoms with E-state index < -0.39 is 6.10 Å². The molecule has 1 fully saturated rings. The van der Waals surface area contributed by atoms with Crippen LogP contribution in [0.3, 0.4) is 0 Å². The van der Waals surface area contributed by atoms with E-state index in [1.54, 1.807) is 12.1 Å². The molecule has 0 bridgehead atoms. The molecule has 2 N–H and O–H groups in total. The Balaban J connectivity index is 1.86. The number of aliphatic hydroxyl groups excluding tert-OH is 1. The molecule has 2 rings (SSSR count). The molecule has 1 amide bonds. The molecule has 0 aliphatic carbocycles. The van der Waals surface area contributed by atoms with Gasteiger partial charge in [0, 0.05) is 13.1 Å². The average Bonchev–Trinajstić information content (AvgIpc) is 2.96. The largest absolute Gasteiger partial charge is 0.391 e. The highest BCUT2D eigenvalue weighted by Crippen LogP contribution is 2.20. The maximum Gasteiger partial charge on any atom is 0.237 e. The van der Waals surface area contributed by atoms with E-state index in [0.717, 1.165) is 31.4 Å². The maximum absolute atomic E-state index is 12.9. The van der Waals surface area contributed by atoms with E-state index in [2.05, 4.69) is 10.2 Å². The minimum absolute atomic E-state index is 0.0187. The van der Waals surface area contributed by atoms with Gasteiger partial charge in [0.25, 0.3) is 0 Å². The number of rotatable bonds is 7. The van der Waals surface area contributed by atoms with Crippen molar-refractivity contribution in [2.24, 2.45) is 0 Å². The second kappa shape index (κ2) is 8.25. The number of amides is 1. The molecule has 0 radical (unpaired) electrons. The fourth-order valence-corrected chi connectivity index (χ4v) is 2.91. The van der Waals surface area contributed by atoms with Crippen LogP contribution >= 0.6 is 0 Å². The Kier molecular flexibility index (Phi) is 6.34. The molecule has 0 saturated carbocycles. The molecule has 22 heavy (non-hydrogen) atoms. The lowest BCUT2D eigenvalue weighted by molar-refractivity contribution is -0.126. The predicted molar refractivity (Wildman–Crippen MR) is 83.8 cm³/mol. The lowest BCUT2D eigenvalue weighted by Crippen LogP contribution is -2.45. The van der Waals surface area contributed by atoms with Crippen molar-refractivity contribution < 1.29 is 14.3 Å². The Hall–Kier alpha value is -1.46. The molecule has 1 saturated heterocycles. The number of hydrogen-bond donors (Lipinski definition) is 2. The number of nitrogens with zero attached hydrogens (tertiary/aromatic N) is 1. The number of likely N-dealkylation sites (tertiary alicyclic amines) is 1. The van der Waals surface area contributed by atoms with Gasteiger partial charge in [0.05, 0.1) is 12.1 Å². The van der Waals surface area contributed by atoms with Crippen LogP contribution in [0, 0.1) is 5.82 Å². The van der Waals surface area contributed by atoms with Crippen molar-refractivity contribution in [3.05, 3.63) is 35.6 Å². The Morgan fingerprint density at radius 1 is 1.45 bits per heavy atom. The van der Waals surface area contributed by atoms with E-state index in [1.807, 2.05) is 6.92 Å². The quantitative estimate of drug-likeness (QED) is 0.811. The average molecular weight is 308 g/mol. The van der Waals surface area contributed by atoms with Gasteiger partial charge in [0.1, 0.15) is 5.82 Å². The standard InChI is InChI=1S/C17H25FN2O2/c1-2-4-15(21)11-19-17(22)16-5-3-10-20(16)12-13-6-8-14(18)9-7-13/h6-9,15-16,21H,2-5,10-12H2,1H3,(H,19,22). The van der Waals surface area contributed by atoms with E-state index in [-0.39, 0.29) is 17.8 Å². The van der Waals surface area contributed by atoms with E-state index >= 15 is 0 Å². The number of carbonyl (C=O) groups is 1. The summed E-state index contributed by atoms with van der Waals surface area (Å²) in [5.74, 6) is -0.265. The zero-order chi connectivity index (χ0) is 15.9. The molecule has 2 unspecified atom stereocenters. The molecule has 1 aliphatic rings. The van der Waals surface area contributed by atoms with Crippen molar-refractivity contribution in [3.8, 4) is 0 Å². The SMILES string of the molecule is CCCC(O)CNC(=O)C1CCCN1Cc1ccc(F)cc1. The first-order valence-corrected chi connectivity index (χ1v) is 8.04. The highest BCUT2D eigenvalue weighted by atomic mass is 19.1. The zero-order valence-electron chi connectivity index (χ0n) is 13.1. The molecule has 4 nitrogen and oxygen atoms in total. The summed E-state index contributed by atoms with van der Waals surface area (Å²) in [7, 11) is 0. The Bertz CT molecular complexity index is 478. The van der Waals surface area contributed by atoms with Gasteiger partial charge in [-0.2, -0.15) is 0 Å². The minimum atomic E-state index is -0.471. The van der Waals surface area contributed by atoms with Crippen LogP contribution in [0.15, 0.2) is 24.3 Å². The number of benzene rings is 1. The first kappa shape index (κ1) is 16.9. The molecule has 2 atom stereocenters. The van der Waals surface area contributed by atoms with Crippen LogP contribution in [0.5, 0.6) is 0 Å². The summed E-state index contributed by atoms with van der Waals surface area (Å²) < 4.78 is 12.9. The lowest BCUT2D eigenvalue weighted by atomic mass is 10.1. The first-order chi connectivity index (χ1) is 10.6.